The Morgan fingerprint density at radius 1 is 1.15 bits per heavy atom. The standard InChI is InChI=1S/C22H27NO3/c1-4-22(5-2)14-17-12-16(10-11-19(17)20(22)23-21(24)25)15-8-7-9-18(13-15)26-6-3/h7-13,20,23H,4-6,14H2,1-3H3,(H,24,25). The first-order valence-electron chi connectivity index (χ1n) is 9.38. The van der Waals surface area contributed by atoms with Gasteiger partial charge in [-0.15, -0.1) is 0 Å². The summed E-state index contributed by atoms with van der Waals surface area (Å²) in [5.74, 6) is 0.868. The van der Waals surface area contributed by atoms with Crippen molar-refractivity contribution in [1.82, 2.24) is 5.32 Å². The number of benzene rings is 2. The van der Waals surface area contributed by atoms with Crippen LogP contribution in [0.1, 0.15) is 50.8 Å². The van der Waals surface area contributed by atoms with Crippen LogP contribution in [0.2, 0.25) is 0 Å². The third-order valence-corrected chi connectivity index (χ3v) is 5.76. The molecule has 2 N–H and O–H groups in total. The summed E-state index contributed by atoms with van der Waals surface area (Å²) >= 11 is 0. The number of ether oxygens (including phenoxy) is 1. The molecule has 0 radical (unpaired) electrons. The Labute approximate surface area is 155 Å². The van der Waals surface area contributed by atoms with Crippen LogP contribution in [-0.4, -0.2) is 17.8 Å². The summed E-state index contributed by atoms with van der Waals surface area (Å²) in [4.78, 5) is 11.3. The molecular formula is C22H27NO3. The molecular weight excluding hydrogens is 326 g/mol. The predicted octanol–water partition coefficient (Wildman–Crippen LogP) is 5.42. The normalized spacial score (nSPS) is 17.6. The average molecular weight is 353 g/mol. The van der Waals surface area contributed by atoms with E-state index in [9.17, 15) is 9.90 Å². The van der Waals surface area contributed by atoms with Gasteiger partial charge in [-0.25, -0.2) is 4.79 Å². The second-order valence-corrected chi connectivity index (χ2v) is 7.00. The van der Waals surface area contributed by atoms with E-state index >= 15 is 0 Å². The molecule has 0 aromatic heterocycles. The molecule has 1 unspecified atom stereocenters. The van der Waals surface area contributed by atoms with Crippen LogP contribution in [0.4, 0.5) is 4.79 Å². The van der Waals surface area contributed by atoms with Crippen molar-refractivity contribution in [3.05, 3.63) is 53.6 Å². The van der Waals surface area contributed by atoms with Gasteiger partial charge in [0.25, 0.3) is 0 Å². The Bertz CT molecular complexity index is 796. The fourth-order valence-corrected chi connectivity index (χ4v) is 4.23. The van der Waals surface area contributed by atoms with E-state index in [1.165, 1.54) is 5.56 Å². The van der Waals surface area contributed by atoms with E-state index in [4.69, 9.17) is 4.74 Å². The quantitative estimate of drug-likeness (QED) is 0.728. The highest BCUT2D eigenvalue weighted by molar-refractivity contribution is 5.69. The SMILES string of the molecule is CCOc1cccc(-c2ccc3c(c2)CC(CC)(CC)C3NC(=O)O)c1. The third-order valence-electron chi connectivity index (χ3n) is 5.76. The summed E-state index contributed by atoms with van der Waals surface area (Å²) in [6.45, 7) is 6.93. The highest BCUT2D eigenvalue weighted by Crippen LogP contribution is 2.50. The first kappa shape index (κ1) is 18.3. The molecule has 1 aliphatic rings. The summed E-state index contributed by atoms with van der Waals surface area (Å²) in [5, 5.41) is 12.1. The van der Waals surface area contributed by atoms with E-state index in [1.807, 2.05) is 19.1 Å². The van der Waals surface area contributed by atoms with Gasteiger partial charge in [0, 0.05) is 0 Å². The van der Waals surface area contributed by atoms with Crippen molar-refractivity contribution in [2.75, 3.05) is 6.61 Å². The van der Waals surface area contributed by atoms with Gasteiger partial charge in [0.2, 0.25) is 0 Å². The van der Waals surface area contributed by atoms with E-state index < -0.39 is 6.09 Å². The molecule has 1 aliphatic carbocycles. The van der Waals surface area contributed by atoms with Crippen molar-refractivity contribution in [3.63, 3.8) is 0 Å². The zero-order valence-corrected chi connectivity index (χ0v) is 15.7. The third kappa shape index (κ3) is 3.28. The van der Waals surface area contributed by atoms with E-state index in [0.717, 1.165) is 41.7 Å². The first-order chi connectivity index (χ1) is 12.5. The fourth-order valence-electron chi connectivity index (χ4n) is 4.23. The minimum absolute atomic E-state index is 0.0491. The van der Waals surface area contributed by atoms with E-state index in [2.05, 4.69) is 49.5 Å². The summed E-state index contributed by atoms with van der Waals surface area (Å²) in [7, 11) is 0. The number of rotatable bonds is 6. The molecule has 4 heteroatoms. The van der Waals surface area contributed by atoms with Crippen molar-refractivity contribution >= 4 is 6.09 Å². The number of carboxylic acid groups (broad SMARTS) is 1. The Morgan fingerprint density at radius 2 is 1.88 bits per heavy atom. The van der Waals surface area contributed by atoms with Crippen LogP contribution in [0.15, 0.2) is 42.5 Å². The van der Waals surface area contributed by atoms with Crippen LogP contribution in [0.25, 0.3) is 11.1 Å². The molecule has 0 heterocycles. The van der Waals surface area contributed by atoms with Crippen LogP contribution in [0, 0.1) is 5.41 Å². The Kier molecular flexibility index (Phi) is 5.21. The molecule has 0 saturated carbocycles. The molecule has 2 aromatic carbocycles. The predicted molar refractivity (Wildman–Crippen MR) is 104 cm³/mol. The van der Waals surface area contributed by atoms with Crippen molar-refractivity contribution in [1.29, 1.82) is 0 Å². The van der Waals surface area contributed by atoms with Crippen molar-refractivity contribution < 1.29 is 14.6 Å². The molecule has 0 spiro atoms. The van der Waals surface area contributed by atoms with Gasteiger partial charge in [0.05, 0.1) is 12.6 Å². The number of hydrogen-bond acceptors (Lipinski definition) is 2. The Morgan fingerprint density at radius 3 is 2.54 bits per heavy atom. The summed E-state index contributed by atoms with van der Waals surface area (Å²) < 4.78 is 5.61. The highest BCUT2D eigenvalue weighted by atomic mass is 16.5. The number of fused-ring (bicyclic) bond motifs is 1. The Hall–Kier alpha value is -2.49. The number of carbonyl (C=O) groups is 1. The molecule has 0 saturated heterocycles. The van der Waals surface area contributed by atoms with Gasteiger partial charge in [0.15, 0.2) is 0 Å². The second kappa shape index (κ2) is 7.40. The van der Waals surface area contributed by atoms with Crippen molar-refractivity contribution in [2.45, 2.75) is 46.1 Å². The molecule has 4 nitrogen and oxygen atoms in total. The van der Waals surface area contributed by atoms with Crippen LogP contribution in [0.3, 0.4) is 0 Å². The van der Waals surface area contributed by atoms with Gasteiger partial charge in [-0.05, 0) is 66.0 Å². The molecule has 1 atom stereocenters. The van der Waals surface area contributed by atoms with Gasteiger partial charge in [-0.1, -0.05) is 44.2 Å². The smallest absolute Gasteiger partial charge is 0.405 e. The van der Waals surface area contributed by atoms with Gasteiger partial charge < -0.3 is 15.2 Å². The lowest BCUT2D eigenvalue weighted by atomic mass is 9.76. The van der Waals surface area contributed by atoms with Crippen LogP contribution in [-0.2, 0) is 6.42 Å². The minimum Gasteiger partial charge on any atom is -0.494 e. The van der Waals surface area contributed by atoms with E-state index in [0.29, 0.717) is 6.61 Å². The molecule has 0 bridgehead atoms. The van der Waals surface area contributed by atoms with Gasteiger partial charge in [-0.2, -0.15) is 0 Å². The van der Waals surface area contributed by atoms with Crippen molar-refractivity contribution in [3.8, 4) is 16.9 Å². The fraction of sp³-hybridized carbons (Fsp3) is 0.409. The van der Waals surface area contributed by atoms with Crippen LogP contribution >= 0.6 is 0 Å². The second-order valence-electron chi connectivity index (χ2n) is 7.00. The molecule has 138 valence electrons. The zero-order chi connectivity index (χ0) is 18.7. The molecule has 0 fully saturated rings. The number of hydrogen-bond donors (Lipinski definition) is 2. The lowest BCUT2D eigenvalue weighted by Crippen LogP contribution is -2.37. The molecule has 0 aliphatic heterocycles. The van der Waals surface area contributed by atoms with Gasteiger partial charge in [0.1, 0.15) is 5.75 Å². The maximum atomic E-state index is 11.3. The topological polar surface area (TPSA) is 58.6 Å². The molecule has 26 heavy (non-hydrogen) atoms. The average Bonchev–Trinajstić information content (AvgIpc) is 2.95. The number of amides is 1. The summed E-state index contributed by atoms with van der Waals surface area (Å²) in [5.41, 5.74) is 4.56. The van der Waals surface area contributed by atoms with Crippen LogP contribution in [0.5, 0.6) is 5.75 Å². The van der Waals surface area contributed by atoms with Gasteiger partial charge in [-0.3, -0.25) is 0 Å². The maximum absolute atomic E-state index is 11.3. The van der Waals surface area contributed by atoms with E-state index in [-0.39, 0.29) is 11.5 Å². The minimum atomic E-state index is -0.956. The molecule has 1 amide bonds. The Balaban J connectivity index is 1.99. The highest BCUT2D eigenvalue weighted by Gasteiger charge is 2.44. The molecule has 3 rings (SSSR count). The van der Waals surface area contributed by atoms with E-state index in [1.54, 1.807) is 0 Å². The maximum Gasteiger partial charge on any atom is 0.405 e. The summed E-state index contributed by atoms with van der Waals surface area (Å²) in [6, 6.07) is 14.3. The van der Waals surface area contributed by atoms with Gasteiger partial charge >= 0.3 is 6.09 Å². The van der Waals surface area contributed by atoms with Crippen molar-refractivity contribution in [2.24, 2.45) is 5.41 Å². The molecule has 2 aromatic rings. The zero-order valence-electron chi connectivity index (χ0n) is 15.7. The number of nitrogens with one attached hydrogen (secondary N) is 1. The lowest BCUT2D eigenvalue weighted by molar-refractivity contribution is 0.157. The summed E-state index contributed by atoms with van der Waals surface area (Å²) in [6.07, 6.45) is 1.83. The largest absolute Gasteiger partial charge is 0.494 e. The first-order valence-corrected chi connectivity index (χ1v) is 9.38. The van der Waals surface area contributed by atoms with Crippen LogP contribution < -0.4 is 10.1 Å². The monoisotopic (exact) mass is 353 g/mol. The lowest BCUT2D eigenvalue weighted by Gasteiger charge is -2.33.